The topological polar surface area (TPSA) is 149 Å². The highest BCUT2D eigenvalue weighted by Crippen LogP contribution is 2.04. The van der Waals surface area contributed by atoms with Crippen LogP contribution < -0.4 is 22.1 Å². The molecule has 0 aliphatic heterocycles. The van der Waals surface area contributed by atoms with Crippen molar-refractivity contribution >= 4 is 23.7 Å². The number of alkyl carbamates (subject to hydrolysis) is 1. The standard InChI is InChI=1S/C18H26FN5O4/c1-12(15(25)10-19)23-16(26)14(8-5-9-22-17(20)21)24-18(27)28-11-13-6-3-2-4-7-13/h2-4,6-7,12,14H,5,8-11H2,1H3,(H,23,26)(H,24,27)(H4,20,21,22)/t12?,14-/m0/s1. The number of ether oxygens (including phenoxy) is 1. The lowest BCUT2D eigenvalue weighted by Crippen LogP contribution is -2.51. The maximum atomic E-state index is 12.5. The van der Waals surface area contributed by atoms with Crippen LogP contribution in [0.25, 0.3) is 0 Å². The number of hydrogen-bond donors (Lipinski definition) is 4. The van der Waals surface area contributed by atoms with E-state index in [4.69, 9.17) is 16.2 Å². The van der Waals surface area contributed by atoms with Crippen LogP contribution in [0.1, 0.15) is 25.3 Å². The highest BCUT2D eigenvalue weighted by atomic mass is 19.1. The highest BCUT2D eigenvalue weighted by Gasteiger charge is 2.24. The number of carbonyl (C=O) groups excluding carboxylic acids is 3. The Balaban J connectivity index is 2.64. The predicted molar refractivity (Wildman–Crippen MR) is 102 cm³/mol. The highest BCUT2D eigenvalue weighted by molar-refractivity contribution is 5.92. The smallest absolute Gasteiger partial charge is 0.408 e. The van der Waals surface area contributed by atoms with E-state index in [-0.39, 0.29) is 25.5 Å². The van der Waals surface area contributed by atoms with Crippen LogP contribution in [0.4, 0.5) is 9.18 Å². The summed E-state index contributed by atoms with van der Waals surface area (Å²) in [5.41, 5.74) is 11.3. The van der Waals surface area contributed by atoms with Crippen LogP contribution in [-0.4, -0.2) is 49.0 Å². The Labute approximate surface area is 162 Å². The minimum absolute atomic E-state index is 0.0335. The summed E-state index contributed by atoms with van der Waals surface area (Å²) in [6, 6.07) is 7.01. The van der Waals surface area contributed by atoms with Gasteiger partial charge in [-0.05, 0) is 25.3 Å². The van der Waals surface area contributed by atoms with E-state index < -0.39 is 36.5 Å². The van der Waals surface area contributed by atoms with E-state index in [1.807, 2.05) is 6.07 Å². The molecule has 1 unspecified atom stereocenters. The summed E-state index contributed by atoms with van der Waals surface area (Å²) in [5.74, 6) is -1.48. The van der Waals surface area contributed by atoms with E-state index in [2.05, 4.69) is 15.6 Å². The summed E-state index contributed by atoms with van der Waals surface area (Å²) >= 11 is 0. The van der Waals surface area contributed by atoms with Crippen LogP contribution in [0.3, 0.4) is 0 Å². The Morgan fingerprint density at radius 3 is 2.46 bits per heavy atom. The van der Waals surface area contributed by atoms with E-state index in [1.165, 1.54) is 6.92 Å². The van der Waals surface area contributed by atoms with Crippen molar-refractivity contribution in [2.24, 2.45) is 16.5 Å². The van der Waals surface area contributed by atoms with Gasteiger partial charge in [-0.1, -0.05) is 30.3 Å². The number of amides is 2. The van der Waals surface area contributed by atoms with Crippen molar-refractivity contribution in [2.75, 3.05) is 13.2 Å². The number of benzene rings is 1. The number of guanidine groups is 1. The second-order valence-electron chi connectivity index (χ2n) is 6.04. The van der Waals surface area contributed by atoms with Gasteiger partial charge in [0, 0.05) is 6.54 Å². The lowest BCUT2D eigenvalue weighted by molar-refractivity contribution is -0.129. The number of ketones is 1. The minimum atomic E-state index is -1.19. The molecular weight excluding hydrogens is 369 g/mol. The average Bonchev–Trinajstić information content (AvgIpc) is 2.68. The quantitative estimate of drug-likeness (QED) is 0.242. The first-order valence-corrected chi connectivity index (χ1v) is 8.75. The van der Waals surface area contributed by atoms with E-state index in [1.54, 1.807) is 24.3 Å². The van der Waals surface area contributed by atoms with Gasteiger partial charge in [0.25, 0.3) is 0 Å². The van der Waals surface area contributed by atoms with Gasteiger partial charge in [-0.25, -0.2) is 9.18 Å². The van der Waals surface area contributed by atoms with Crippen LogP contribution in [0, 0.1) is 0 Å². The van der Waals surface area contributed by atoms with E-state index >= 15 is 0 Å². The largest absolute Gasteiger partial charge is 0.445 e. The second-order valence-corrected chi connectivity index (χ2v) is 6.04. The van der Waals surface area contributed by atoms with Crippen LogP contribution in [0.15, 0.2) is 35.3 Å². The lowest BCUT2D eigenvalue weighted by Gasteiger charge is -2.20. The zero-order chi connectivity index (χ0) is 20.9. The van der Waals surface area contributed by atoms with Gasteiger partial charge in [0.05, 0.1) is 6.04 Å². The van der Waals surface area contributed by atoms with Crippen LogP contribution >= 0.6 is 0 Å². The number of hydrogen-bond acceptors (Lipinski definition) is 5. The van der Waals surface area contributed by atoms with Gasteiger partial charge in [0.15, 0.2) is 11.7 Å². The summed E-state index contributed by atoms with van der Waals surface area (Å²) in [6.07, 6.45) is -0.213. The number of nitrogens with zero attached hydrogens (tertiary/aromatic N) is 1. The number of nitrogens with one attached hydrogen (secondary N) is 2. The molecule has 1 aromatic carbocycles. The molecule has 0 aromatic heterocycles. The molecule has 1 rings (SSSR count). The zero-order valence-corrected chi connectivity index (χ0v) is 15.7. The van der Waals surface area contributed by atoms with E-state index in [9.17, 15) is 18.8 Å². The summed E-state index contributed by atoms with van der Waals surface area (Å²) in [5, 5.41) is 4.82. The minimum Gasteiger partial charge on any atom is -0.445 e. The van der Waals surface area contributed by atoms with Crippen LogP contribution in [0.2, 0.25) is 0 Å². The monoisotopic (exact) mass is 395 g/mol. The molecule has 28 heavy (non-hydrogen) atoms. The van der Waals surface area contributed by atoms with Gasteiger partial charge in [-0.3, -0.25) is 14.6 Å². The Morgan fingerprint density at radius 2 is 1.86 bits per heavy atom. The Hall–Kier alpha value is -3.17. The van der Waals surface area contributed by atoms with Gasteiger partial charge in [0.1, 0.15) is 19.3 Å². The third kappa shape index (κ3) is 8.97. The fourth-order valence-corrected chi connectivity index (χ4v) is 2.19. The molecule has 0 spiro atoms. The van der Waals surface area contributed by atoms with Crippen LogP contribution in [0.5, 0.6) is 0 Å². The molecule has 0 heterocycles. The first kappa shape index (κ1) is 22.9. The second kappa shape index (κ2) is 12.3. The molecule has 0 saturated carbocycles. The first-order valence-electron chi connectivity index (χ1n) is 8.75. The van der Waals surface area contributed by atoms with Gasteiger partial charge < -0.3 is 26.8 Å². The van der Waals surface area contributed by atoms with Crippen molar-refractivity contribution < 1.29 is 23.5 Å². The SMILES string of the molecule is CC(NC(=O)[C@H](CCCN=C(N)N)NC(=O)OCc1ccccc1)C(=O)CF. The zero-order valence-electron chi connectivity index (χ0n) is 15.7. The molecule has 154 valence electrons. The lowest BCUT2D eigenvalue weighted by atomic mass is 10.1. The number of alkyl halides is 1. The molecule has 0 aliphatic carbocycles. The Morgan fingerprint density at radius 1 is 1.18 bits per heavy atom. The number of carbonyl (C=O) groups is 3. The molecule has 9 nitrogen and oxygen atoms in total. The van der Waals surface area contributed by atoms with Crippen LogP contribution in [-0.2, 0) is 20.9 Å². The van der Waals surface area contributed by atoms with E-state index in [0.717, 1.165) is 5.56 Å². The van der Waals surface area contributed by atoms with Crippen molar-refractivity contribution in [2.45, 2.75) is 38.5 Å². The van der Waals surface area contributed by atoms with Gasteiger partial charge in [-0.15, -0.1) is 0 Å². The molecule has 0 saturated heterocycles. The molecular formula is C18H26FN5O4. The number of halogens is 1. The number of nitrogens with two attached hydrogens (primary N) is 2. The third-order valence-electron chi connectivity index (χ3n) is 3.74. The Bertz CT molecular complexity index is 680. The molecule has 0 aliphatic rings. The average molecular weight is 395 g/mol. The molecule has 2 atom stereocenters. The molecule has 10 heteroatoms. The molecule has 0 fully saturated rings. The van der Waals surface area contributed by atoms with Crippen molar-refractivity contribution in [1.82, 2.24) is 10.6 Å². The molecule has 2 amide bonds. The fraction of sp³-hybridized carbons (Fsp3) is 0.444. The van der Waals surface area contributed by atoms with E-state index in [0.29, 0.717) is 6.42 Å². The maximum Gasteiger partial charge on any atom is 0.408 e. The van der Waals surface area contributed by atoms with Gasteiger partial charge in [0.2, 0.25) is 5.91 Å². The van der Waals surface area contributed by atoms with Gasteiger partial charge in [-0.2, -0.15) is 0 Å². The Kier molecular flexibility index (Phi) is 10.0. The van der Waals surface area contributed by atoms with Gasteiger partial charge >= 0.3 is 6.09 Å². The summed E-state index contributed by atoms with van der Waals surface area (Å²) in [6.45, 7) is 0.463. The first-order chi connectivity index (χ1) is 13.3. The van der Waals surface area contributed by atoms with Crippen molar-refractivity contribution in [1.29, 1.82) is 0 Å². The predicted octanol–water partition coefficient (Wildman–Crippen LogP) is 0.378. The summed E-state index contributed by atoms with van der Waals surface area (Å²) in [4.78, 5) is 39.6. The normalized spacial score (nSPS) is 12.4. The molecule has 0 bridgehead atoms. The maximum absolute atomic E-state index is 12.5. The molecule has 6 N–H and O–H groups in total. The van der Waals surface area contributed by atoms with Crippen molar-refractivity contribution in [3.05, 3.63) is 35.9 Å². The number of rotatable bonds is 11. The summed E-state index contributed by atoms with van der Waals surface area (Å²) in [7, 11) is 0. The third-order valence-corrected chi connectivity index (χ3v) is 3.74. The fourth-order valence-electron chi connectivity index (χ4n) is 2.19. The number of aliphatic imine (C=N–C) groups is 1. The van der Waals surface area contributed by atoms with Crippen molar-refractivity contribution in [3.63, 3.8) is 0 Å². The molecule has 0 radical (unpaired) electrons. The summed E-state index contributed by atoms with van der Waals surface area (Å²) < 4.78 is 17.6. The number of Topliss-reactive ketones (excluding diaryl/α,β-unsaturated/α-hetero) is 1. The molecule has 1 aromatic rings. The van der Waals surface area contributed by atoms with Crippen molar-refractivity contribution in [3.8, 4) is 0 Å².